The highest BCUT2D eigenvalue weighted by molar-refractivity contribution is 6.35. The SMILES string of the molecule is O=C(Nc1cc(Cl)ccc1Cl)c1n[nH]c2c1COCC2. The van der Waals surface area contributed by atoms with Gasteiger partial charge in [-0.05, 0) is 18.2 Å². The molecule has 1 aliphatic rings. The van der Waals surface area contributed by atoms with Crippen molar-refractivity contribution < 1.29 is 9.53 Å². The third kappa shape index (κ3) is 2.52. The second-order valence-corrected chi connectivity index (χ2v) is 5.25. The number of fused-ring (bicyclic) bond motifs is 1. The number of carbonyl (C=O) groups excluding carboxylic acids is 1. The highest BCUT2D eigenvalue weighted by Crippen LogP contribution is 2.26. The Hall–Kier alpha value is -1.56. The number of anilines is 1. The number of H-pyrrole nitrogens is 1. The molecule has 2 N–H and O–H groups in total. The van der Waals surface area contributed by atoms with Crippen molar-refractivity contribution in [1.29, 1.82) is 0 Å². The summed E-state index contributed by atoms with van der Waals surface area (Å²) in [6.45, 7) is 1.02. The number of aromatic nitrogens is 2. The van der Waals surface area contributed by atoms with E-state index in [2.05, 4.69) is 15.5 Å². The van der Waals surface area contributed by atoms with Crippen molar-refractivity contribution in [3.8, 4) is 0 Å². The lowest BCUT2D eigenvalue weighted by Crippen LogP contribution is -2.17. The zero-order valence-corrected chi connectivity index (χ0v) is 11.9. The van der Waals surface area contributed by atoms with Gasteiger partial charge in [-0.3, -0.25) is 9.89 Å². The summed E-state index contributed by atoms with van der Waals surface area (Å²) in [6, 6.07) is 4.88. The summed E-state index contributed by atoms with van der Waals surface area (Å²) in [5, 5.41) is 10.5. The number of amides is 1. The van der Waals surface area contributed by atoms with E-state index < -0.39 is 0 Å². The van der Waals surface area contributed by atoms with E-state index in [1.165, 1.54) is 0 Å². The molecule has 1 aliphatic heterocycles. The first-order chi connectivity index (χ1) is 9.65. The number of rotatable bonds is 2. The fraction of sp³-hybridized carbons (Fsp3) is 0.231. The molecular weight excluding hydrogens is 301 g/mol. The number of nitrogens with one attached hydrogen (secondary N) is 2. The lowest BCUT2D eigenvalue weighted by Gasteiger charge is -2.12. The lowest BCUT2D eigenvalue weighted by molar-refractivity contribution is 0.0985. The minimum absolute atomic E-state index is 0.329. The van der Waals surface area contributed by atoms with E-state index >= 15 is 0 Å². The normalized spacial score (nSPS) is 13.9. The highest BCUT2D eigenvalue weighted by atomic mass is 35.5. The van der Waals surface area contributed by atoms with Crippen LogP contribution in [-0.4, -0.2) is 22.7 Å². The fourth-order valence-electron chi connectivity index (χ4n) is 2.07. The second kappa shape index (κ2) is 5.44. The Bertz CT molecular complexity index is 670. The number of carbonyl (C=O) groups is 1. The summed E-state index contributed by atoms with van der Waals surface area (Å²) in [5.74, 6) is -0.336. The number of hydrogen-bond acceptors (Lipinski definition) is 3. The Morgan fingerprint density at radius 2 is 2.25 bits per heavy atom. The monoisotopic (exact) mass is 311 g/mol. The van der Waals surface area contributed by atoms with Gasteiger partial charge in [-0.1, -0.05) is 23.2 Å². The smallest absolute Gasteiger partial charge is 0.276 e. The molecular formula is C13H11Cl2N3O2. The molecule has 0 saturated heterocycles. The predicted octanol–water partition coefficient (Wildman–Crippen LogP) is 3.04. The average Bonchev–Trinajstić information content (AvgIpc) is 2.87. The summed E-state index contributed by atoms with van der Waals surface area (Å²) in [6.07, 6.45) is 0.730. The van der Waals surface area contributed by atoms with E-state index in [-0.39, 0.29) is 5.91 Å². The number of nitrogens with zero attached hydrogens (tertiary/aromatic N) is 1. The Labute approximate surface area is 125 Å². The molecule has 7 heteroatoms. The molecule has 1 amide bonds. The van der Waals surface area contributed by atoms with Crippen molar-refractivity contribution in [2.75, 3.05) is 11.9 Å². The summed E-state index contributed by atoms with van der Waals surface area (Å²) < 4.78 is 5.35. The minimum Gasteiger partial charge on any atom is -0.376 e. The van der Waals surface area contributed by atoms with Gasteiger partial charge >= 0.3 is 0 Å². The molecule has 2 aromatic rings. The van der Waals surface area contributed by atoms with Crippen LogP contribution in [-0.2, 0) is 17.8 Å². The molecule has 0 fully saturated rings. The molecule has 0 atom stereocenters. The molecule has 104 valence electrons. The van der Waals surface area contributed by atoms with Crippen LogP contribution in [0, 0.1) is 0 Å². The Morgan fingerprint density at radius 3 is 3.10 bits per heavy atom. The topological polar surface area (TPSA) is 67.0 Å². The highest BCUT2D eigenvalue weighted by Gasteiger charge is 2.22. The maximum atomic E-state index is 12.3. The van der Waals surface area contributed by atoms with Crippen molar-refractivity contribution in [3.05, 3.63) is 45.2 Å². The van der Waals surface area contributed by atoms with Gasteiger partial charge in [-0.25, -0.2) is 0 Å². The summed E-state index contributed by atoms with van der Waals surface area (Å²) in [4.78, 5) is 12.3. The summed E-state index contributed by atoms with van der Waals surface area (Å²) in [7, 11) is 0. The van der Waals surface area contributed by atoms with E-state index in [9.17, 15) is 4.79 Å². The Kier molecular flexibility index (Phi) is 3.65. The maximum Gasteiger partial charge on any atom is 0.276 e. The molecule has 1 aromatic carbocycles. The number of ether oxygens (including phenoxy) is 1. The first kappa shape index (κ1) is 13.4. The molecule has 2 heterocycles. The van der Waals surface area contributed by atoms with Crippen LogP contribution in [0.5, 0.6) is 0 Å². The van der Waals surface area contributed by atoms with Gasteiger partial charge < -0.3 is 10.1 Å². The zero-order valence-electron chi connectivity index (χ0n) is 10.4. The van der Waals surface area contributed by atoms with Gasteiger partial charge in [0.25, 0.3) is 5.91 Å². The quantitative estimate of drug-likeness (QED) is 0.895. The largest absolute Gasteiger partial charge is 0.376 e. The molecule has 0 aliphatic carbocycles. The average molecular weight is 312 g/mol. The molecule has 0 bridgehead atoms. The third-order valence-electron chi connectivity index (χ3n) is 3.09. The number of aromatic amines is 1. The fourth-order valence-corrected chi connectivity index (χ4v) is 2.41. The number of benzene rings is 1. The van der Waals surface area contributed by atoms with Gasteiger partial charge in [0.15, 0.2) is 5.69 Å². The molecule has 20 heavy (non-hydrogen) atoms. The van der Waals surface area contributed by atoms with Gasteiger partial charge in [0.1, 0.15) is 0 Å². The predicted molar refractivity (Wildman–Crippen MR) is 76.4 cm³/mol. The molecule has 0 unspecified atom stereocenters. The molecule has 0 spiro atoms. The van der Waals surface area contributed by atoms with Crippen molar-refractivity contribution in [2.24, 2.45) is 0 Å². The maximum absolute atomic E-state index is 12.3. The summed E-state index contributed by atoms with van der Waals surface area (Å²) in [5.41, 5.74) is 2.53. The number of halogens is 2. The van der Waals surface area contributed by atoms with Gasteiger partial charge in [0.05, 0.1) is 23.9 Å². The van der Waals surface area contributed by atoms with Crippen molar-refractivity contribution in [3.63, 3.8) is 0 Å². The van der Waals surface area contributed by atoms with Crippen LogP contribution in [0.4, 0.5) is 5.69 Å². The van der Waals surface area contributed by atoms with E-state index in [1.54, 1.807) is 18.2 Å². The van der Waals surface area contributed by atoms with Crippen LogP contribution in [0.25, 0.3) is 0 Å². The van der Waals surface area contributed by atoms with Gasteiger partial charge in [0.2, 0.25) is 0 Å². The van der Waals surface area contributed by atoms with Crippen LogP contribution >= 0.6 is 23.2 Å². The van der Waals surface area contributed by atoms with Gasteiger partial charge in [-0.2, -0.15) is 5.10 Å². The van der Waals surface area contributed by atoms with E-state index in [0.717, 1.165) is 17.7 Å². The van der Waals surface area contributed by atoms with Crippen LogP contribution in [0.3, 0.4) is 0 Å². The Morgan fingerprint density at radius 1 is 1.40 bits per heavy atom. The van der Waals surface area contributed by atoms with Crippen LogP contribution in [0.1, 0.15) is 21.7 Å². The van der Waals surface area contributed by atoms with E-state index in [4.69, 9.17) is 27.9 Å². The first-order valence-electron chi connectivity index (χ1n) is 6.05. The van der Waals surface area contributed by atoms with Gasteiger partial charge in [-0.15, -0.1) is 0 Å². The second-order valence-electron chi connectivity index (χ2n) is 4.41. The first-order valence-corrected chi connectivity index (χ1v) is 6.81. The van der Waals surface area contributed by atoms with E-state index in [0.29, 0.717) is 34.6 Å². The van der Waals surface area contributed by atoms with Crippen molar-refractivity contribution in [1.82, 2.24) is 10.2 Å². The van der Waals surface area contributed by atoms with Crippen molar-refractivity contribution >= 4 is 34.8 Å². The van der Waals surface area contributed by atoms with Crippen LogP contribution < -0.4 is 5.32 Å². The minimum atomic E-state index is -0.336. The number of hydrogen-bond donors (Lipinski definition) is 2. The lowest BCUT2D eigenvalue weighted by atomic mass is 10.1. The molecule has 0 radical (unpaired) electrons. The molecule has 3 rings (SSSR count). The molecule has 1 aromatic heterocycles. The van der Waals surface area contributed by atoms with Gasteiger partial charge in [0, 0.05) is 22.7 Å². The Balaban J connectivity index is 1.86. The standard InChI is InChI=1S/C13H11Cl2N3O2/c14-7-1-2-9(15)11(5-7)16-13(19)12-8-6-20-4-3-10(8)17-18-12/h1-2,5H,3-4,6H2,(H,16,19)(H,17,18). The third-order valence-corrected chi connectivity index (χ3v) is 3.65. The van der Waals surface area contributed by atoms with Crippen LogP contribution in [0.15, 0.2) is 18.2 Å². The molecule has 5 nitrogen and oxygen atoms in total. The summed E-state index contributed by atoms with van der Waals surface area (Å²) >= 11 is 11.9. The van der Waals surface area contributed by atoms with Crippen molar-refractivity contribution in [2.45, 2.75) is 13.0 Å². The molecule has 0 saturated carbocycles. The van der Waals surface area contributed by atoms with E-state index in [1.807, 2.05) is 0 Å². The van der Waals surface area contributed by atoms with Crippen LogP contribution in [0.2, 0.25) is 10.0 Å². The zero-order chi connectivity index (χ0) is 14.1.